The van der Waals surface area contributed by atoms with Crippen LogP contribution in [-0.4, -0.2) is 25.8 Å². The highest BCUT2D eigenvalue weighted by Crippen LogP contribution is 2.22. The third-order valence-corrected chi connectivity index (χ3v) is 3.56. The van der Waals surface area contributed by atoms with E-state index in [0.717, 1.165) is 15.9 Å². The molecule has 0 fully saturated rings. The molecule has 0 aromatic carbocycles. The van der Waals surface area contributed by atoms with E-state index in [1.54, 1.807) is 10.7 Å². The summed E-state index contributed by atoms with van der Waals surface area (Å²) in [7, 11) is 0. The van der Waals surface area contributed by atoms with Crippen LogP contribution in [0.25, 0.3) is 5.82 Å². The fourth-order valence-electron chi connectivity index (χ4n) is 1.48. The molecule has 17 heavy (non-hydrogen) atoms. The lowest BCUT2D eigenvalue weighted by Gasteiger charge is -2.03. The number of hydrogen-bond donors (Lipinski definition) is 1. The zero-order valence-electron chi connectivity index (χ0n) is 9.31. The van der Waals surface area contributed by atoms with Crippen LogP contribution in [0.4, 0.5) is 0 Å². The van der Waals surface area contributed by atoms with Crippen LogP contribution in [0, 0.1) is 13.8 Å². The minimum atomic E-state index is -0.987. The summed E-state index contributed by atoms with van der Waals surface area (Å²) in [5.74, 6) is -0.389. The maximum atomic E-state index is 10.7. The lowest BCUT2D eigenvalue weighted by molar-refractivity contribution is 0.0696. The first-order valence-corrected chi connectivity index (χ1v) is 5.71. The molecule has 0 saturated heterocycles. The van der Waals surface area contributed by atoms with E-state index < -0.39 is 5.97 Å². The van der Waals surface area contributed by atoms with Crippen LogP contribution >= 0.6 is 15.9 Å². The van der Waals surface area contributed by atoms with Gasteiger partial charge < -0.3 is 5.11 Å². The van der Waals surface area contributed by atoms with E-state index in [2.05, 4.69) is 26.0 Å². The predicted molar refractivity (Wildman–Crippen MR) is 65.5 cm³/mol. The molecule has 2 rings (SSSR count). The van der Waals surface area contributed by atoms with Gasteiger partial charge in [-0.2, -0.15) is 5.10 Å². The monoisotopic (exact) mass is 295 g/mol. The number of rotatable bonds is 2. The summed E-state index contributed by atoms with van der Waals surface area (Å²) in [5, 5.41) is 13.1. The normalized spacial score (nSPS) is 10.5. The van der Waals surface area contributed by atoms with Gasteiger partial charge >= 0.3 is 5.97 Å². The van der Waals surface area contributed by atoms with Gasteiger partial charge in [-0.1, -0.05) is 0 Å². The topological polar surface area (TPSA) is 68.0 Å². The maximum absolute atomic E-state index is 10.7. The second kappa shape index (κ2) is 4.29. The van der Waals surface area contributed by atoms with Crippen molar-refractivity contribution in [3.8, 4) is 5.82 Å². The molecular weight excluding hydrogens is 286 g/mol. The smallest absolute Gasteiger partial charge is 0.337 e. The molecule has 6 heteroatoms. The van der Waals surface area contributed by atoms with Gasteiger partial charge in [0.1, 0.15) is 0 Å². The number of halogens is 1. The number of aromatic nitrogens is 3. The van der Waals surface area contributed by atoms with E-state index in [-0.39, 0.29) is 5.56 Å². The molecule has 2 aromatic rings. The highest BCUT2D eigenvalue weighted by molar-refractivity contribution is 9.10. The Kier molecular flexibility index (Phi) is 2.97. The molecule has 0 unspecified atom stereocenters. The Morgan fingerprint density at radius 2 is 2.12 bits per heavy atom. The molecule has 2 aromatic heterocycles. The van der Waals surface area contributed by atoms with Crippen molar-refractivity contribution in [1.82, 2.24) is 14.8 Å². The molecule has 0 amide bonds. The SMILES string of the molecule is Cc1nn(-c2ccc(C(=O)O)cn2)c(C)c1Br. The largest absolute Gasteiger partial charge is 0.478 e. The van der Waals surface area contributed by atoms with E-state index >= 15 is 0 Å². The quantitative estimate of drug-likeness (QED) is 0.923. The zero-order valence-corrected chi connectivity index (χ0v) is 10.9. The number of pyridine rings is 1. The lowest BCUT2D eigenvalue weighted by atomic mass is 10.3. The van der Waals surface area contributed by atoms with Crippen LogP contribution in [0.15, 0.2) is 22.8 Å². The van der Waals surface area contributed by atoms with Crippen molar-refractivity contribution in [3.63, 3.8) is 0 Å². The van der Waals surface area contributed by atoms with Crippen LogP contribution < -0.4 is 0 Å². The molecule has 0 spiro atoms. The average Bonchev–Trinajstić information content (AvgIpc) is 2.57. The molecule has 0 atom stereocenters. The van der Waals surface area contributed by atoms with Crippen LogP contribution in [0.1, 0.15) is 21.7 Å². The second-order valence-corrected chi connectivity index (χ2v) is 4.40. The van der Waals surface area contributed by atoms with Crippen molar-refractivity contribution in [2.75, 3.05) is 0 Å². The van der Waals surface area contributed by atoms with Gasteiger partial charge in [-0.05, 0) is 41.9 Å². The molecule has 1 N–H and O–H groups in total. The fourth-order valence-corrected chi connectivity index (χ4v) is 1.73. The number of hydrogen-bond acceptors (Lipinski definition) is 3. The van der Waals surface area contributed by atoms with E-state index in [1.165, 1.54) is 12.3 Å². The van der Waals surface area contributed by atoms with Gasteiger partial charge in [0.15, 0.2) is 5.82 Å². The number of nitrogens with zero attached hydrogens (tertiary/aromatic N) is 3. The van der Waals surface area contributed by atoms with Gasteiger partial charge in [0.2, 0.25) is 0 Å². The molecule has 0 aliphatic carbocycles. The van der Waals surface area contributed by atoms with Gasteiger partial charge in [0.25, 0.3) is 0 Å². The highest BCUT2D eigenvalue weighted by Gasteiger charge is 2.11. The minimum Gasteiger partial charge on any atom is -0.478 e. The standard InChI is InChI=1S/C11H10BrN3O2/c1-6-10(12)7(2)15(14-6)9-4-3-8(5-13-9)11(16)17/h3-5H,1-2H3,(H,16,17). The molecule has 2 heterocycles. The number of carboxylic acid groups (broad SMARTS) is 1. The predicted octanol–water partition coefficient (Wildman–Crippen LogP) is 2.34. The van der Waals surface area contributed by atoms with Crippen molar-refractivity contribution in [1.29, 1.82) is 0 Å². The molecule has 0 radical (unpaired) electrons. The highest BCUT2D eigenvalue weighted by atomic mass is 79.9. The van der Waals surface area contributed by atoms with Crippen molar-refractivity contribution in [2.24, 2.45) is 0 Å². The molecule has 5 nitrogen and oxygen atoms in total. The van der Waals surface area contributed by atoms with E-state index in [4.69, 9.17) is 5.11 Å². The Hall–Kier alpha value is -1.69. The Balaban J connectivity index is 2.47. The van der Waals surface area contributed by atoms with Crippen LogP contribution in [0.5, 0.6) is 0 Å². The van der Waals surface area contributed by atoms with Crippen LogP contribution in [0.2, 0.25) is 0 Å². The van der Waals surface area contributed by atoms with Crippen molar-refractivity contribution >= 4 is 21.9 Å². The fraction of sp³-hybridized carbons (Fsp3) is 0.182. The molecule has 0 bridgehead atoms. The van der Waals surface area contributed by atoms with E-state index in [0.29, 0.717) is 5.82 Å². The first-order chi connectivity index (χ1) is 8.00. The maximum Gasteiger partial charge on any atom is 0.337 e. The van der Waals surface area contributed by atoms with Crippen LogP contribution in [0.3, 0.4) is 0 Å². The summed E-state index contributed by atoms with van der Waals surface area (Å²) in [6.07, 6.45) is 1.32. The van der Waals surface area contributed by atoms with Crippen molar-refractivity contribution < 1.29 is 9.90 Å². The molecule has 0 saturated carbocycles. The number of aromatic carboxylic acids is 1. The Morgan fingerprint density at radius 1 is 1.41 bits per heavy atom. The van der Waals surface area contributed by atoms with Gasteiger partial charge in [0.05, 0.1) is 21.4 Å². The Labute approximate surface area is 106 Å². The lowest BCUT2D eigenvalue weighted by Crippen LogP contribution is -2.04. The van der Waals surface area contributed by atoms with Gasteiger partial charge in [-0.25, -0.2) is 14.5 Å². The summed E-state index contributed by atoms with van der Waals surface area (Å²) in [5.41, 5.74) is 1.96. The van der Waals surface area contributed by atoms with Crippen LogP contribution in [-0.2, 0) is 0 Å². The van der Waals surface area contributed by atoms with Gasteiger partial charge in [0, 0.05) is 6.20 Å². The van der Waals surface area contributed by atoms with Crippen molar-refractivity contribution in [3.05, 3.63) is 39.8 Å². The molecule has 0 aliphatic heterocycles. The first-order valence-electron chi connectivity index (χ1n) is 4.92. The van der Waals surface area contributed by atoms with E-state index in [9.17, 15) is 4.79 Å². The molecule has 0 aliphatic rings. The van der Waals surface area contributed by atoms with Gasteiger partial charge in [-0.3, -0.25) is 0 Å². The van der Waals surface area contributed by atoms with Crippen molar-refractivity contribution in [2.45, 2.75) is 13.8 Å². The summed E-state index contributed by atoms with van der Waals surface area (Å²) in [6, 6.07) is 3.14. The first kappa shape index (κ1) is 11.8. The number of carbonyl (C=O) groups is 1. The zero-order chi connectivity index (χ0) is 12.6. The third-order valence-electron chi connectivity index (χ3n) is 2.41. The minimum absolute atomic E-state index is 0.161. The third kappa shape index (κ3) is 2.08. The average molecular weight is 296 g/mol. The van der Waals surface area contributed by atoms with E-state index in [1.807, 2.05) is 13.8 Å². The van der Waals surface area contributed by atoms with Gasteiger partial charge in [-0.15, -0.1) is 0 Å². The Bertz CT molecular complexity index is 575. The number of aryl methyl sites for hydroxylation is 1. The summed E-state index contributed by atoms with van der Waals surface area (Å²) >= 11 is 3.43. The Morgan fingerprint density at radius 3 is 2.53 bits per heavy atom. The summed E-state index contributed by atoms with van der Waals surface area (Å²) in [6.45, 7) is 3.80. The molecular formula is C11H10BrN3O2. The second-order valence-electron chi connectivity index (χ2n) is 3.61. The summed E-state index contributed by atoms with van der Waals surface area (Å²) < 4.78 is 2.60. The number of carboxylic acids is 1. The summed E-state index contributed by atoms with van der Waals surface area (Å²) in [4.78, 5) is 14.8. The molecule has 88 valence electrons.